The Morgan fingerprint density at radius 3 is 2.53 bits per heavy atom. The van der Waals surface area contributed by atoms with E-state index in [0.29, 0.717) is 19.8 Å². The molecule has 0 radical (unpaired) electrons. The normalized spacial score (nSPS) is 11.6. The van der Waals surface area contributed by atoms with Crippen LogP contribution in [0.2, 0.25) is 0 Å². The Hall–Kier alpha value is -1.20. The molecule has 1 N–H and O–H groups in total. The zero-order valence-corrected chi connectivity index (χ0v) is 12.4. The third-order valence-corrected chi connectivity index (χ3v) is 2.27. The van der Waals surface area contributed by atoms with Crippen LogP contribution in [0.3, 0.4) is 0 Å². The van der Waals surface area contributed by atoms with Crippen molar-refractivity contribution >= 4 is 5.82 Å². The quantitative estimate of drug-likeness (QED) is 0.734. The Bertz CT molecular complexity index is 347. The van der Waals surface area contributed by atoms with Gasteiger partial charge in [-0.25, -0.2) is 4.98 Å². The third kappa shape index (κ3) is 7.74. The van der Waals surface area contributed by atoms with Gasteiger partial charge in [0.15, 0.2) is 0 Å². The van der Waals surface area contributed by atoms with Gasteiger partial charge in [0, 0.05) is 6.54 Å². The molecule has 0 aromatic carbocycles. The van der Waals surface area contributed by atoms with Crippen LogP contribution in [-0.4, -0.2) is 35.3 Å². The molecule has 0 aliphatic rings. The second-order valence-corrected chi connectivity index (χ2v) is 5.33. The standard InChI is InChI=1S/C14H25N3O2/c1-5-6-15-13-10-16-12(9-17-13)11-18-7-8-19-14(2,3)4/h9-10H,5-8,11H2,1-4H3,(H,15,17). The Kier molecular flexibility index (Phi) is 6.73. The zero-order chi connectivity index (χ0) is 14.1. The van der Waals surface area contributed by atoms with Crippen LogP contribution in [0.25, 0.3) is 0 Å². The van der Waals surface area contributed by atoms with Crippen molar-refractivity contribution in [3.8, 4) is 0 Å². The Morgan fingerprint density at radius 1 is 1.16 bits per heavy atom. The van der Waals surface area contributed by atoms with Gasteiger partial charge in [0.25, 0.3) is 0 Å². The number of anilines is 1. The molecule has 1 rings (SSSR count). The zero-order valence-electron chi connectivity index (χ0n) is 12.4. The van der Waals surface area contributed by atoms with Crippen molar-refractivity contribution in [3.63, 3.8) is 0 Å². The van der Waals surface area contributed by atoms with Gasteiger partial charge in [-0.15, -0.1) is 0 Å². The largest absolute Gasteiger partial charge is 0.373 e. The van der Waals surface area contributed by atoms with E-state index in [9.17, 15) is 0 Å². The van der Waals surface area contributed by atoms with Crippen molar-refractivity contribution < 1.29 is 9.47 Å². The lowest BCUT2D eigenvalue weighted by Crippen LogP contribution is -2.21. The molecule has 0 aliphatic heterocycles. The van der Waals surface area contributed by atoms with Gasteiger partial charge in [0.2, 0.25) is 0 Å². The van der Waals surface area contributed by atoms with Crippen LogP contribution in [0.4, 0.5) is 5.82 Å². The molecule has 0 aliphatic carbocycles. The first-order valence-electron chi connectivity index (χ1n) is 6.78. The molecule has 0 unspecified atom stereocenters. The Morgan fingerprint density at radius 2 is 1.95 bits per heavy atom. The summed E-state index contributed by atoms with van der Waals surface area (Å²) in [6, 6.07) is 0. The molecular weight excluding hydrogens is 242 g/mol. The van der Waals surface area contributed by atoms with E-state index in [-0.39, 0.29) is 5.60 Å². The molecule has 19 heavy (non-hydrogen) atoms. The summed E-state index contributed by atoms with van der Waals surface area (Å²) in [5.74, 6) is 0.807. The molecule has 0 spiro atoms. The van der Waals surface area contributed by atoms with Crippen molar-refractivity contribution in [1.29, 1.82) is 0 Å². The first-order valence-corrected chi connectivity index (χ1v) is 6.78. The molecule has 0 amide bonds. The highest BCUT2D eigenvalue weighted by Gasteiger charge is 2.08. The summed E-state index contributed by atoms with van der Waals surface area (Å²) in [4.78, 5) is 8.56. The topological polar surface area (TPSA) is 56.3 Å². The van der Waals surface area contributed by atoms with E-state index >= 15 is 0 Å². The molecule has 1 aromatic heterocycles. The highest BCUT2D eigenvalue weighted by atomic mass is 16.5. The van der Waals surface area contributed by atoms with Crippen molar-refractivity contribution in [2.24, 2.45) is 0 Å². The molecular formula is C14H25N3O2. The number of hydrogen-bond donors (Lipinski definition) is 1. The van der Waals surface area contributed by atoms with Crippen LogP contribution in [0.15, 0.2) is 12.4 Å². The summed E-state index contributed by atoms with van der Waals surface area (Å²) in [5.41, 5.74) is 0.716. The van der Waals surface area contributed by atoms with Gasteiger partial charge in [-0.05, 0) is 27.2 Å². The lowest BCUT2D eigenvalue weighted by atomic mass is 10.2. The van der Waals surface area contributed by atoms with Crippen molar-refractivity contribution in [2.45, 2.75) is 46.3 Å². The minimum absolute atomic E-state index is 0.115. The summed E-state index contributed by atoms with van der Waals surface area (Å²) in [7, 11) is 0. The second-order valence-electron chi connectivity index (χ2n) is 5.33. The fourth-order valence-corrected chi connectivity index (χ4v) is 1.36. The van der Waals surface area contributed by atoms with E-state index in [1.807, 2.05) is 20.8 Å². The van der Waals surface area contributed by atoms with Crippen LogP contribution >= 0.6 is 0 Å². The number of rotatable bonds is 8. The molecule has 1 aromatic rings. The monoisotopic (exact) mass is 267 g/mol. The van der Waals surface area contributed by atoms with Crippen LogP contribution in [0.5, 0.6) is 0 Å². The first-order chi connectivity index (χ1) is 9.01. The van der Waals surface area contributed by atoms with Gasteiger partial charge in [-0.2, -0.15) is 0 Å². The Balaban J connectivity index is 2.19. The molecule has 0 saturated heterocycles. The fraction of sp³-hybridized carbons (Fsp3) is 0.714. The average molecular weight is 267 g/mol. The molecule has 1 heterocycles. The molecule has 0 bridgehead atoms. The molecule has 108 valence electrons. The first kappa shape index (κ1) is 15.9. The number of ether oxygens (including phenoxy) is 2. The van der Waals surface area contributed by atoms with E-state index in [1.54, 1.807) is 12.4 Å². The van der Waals surface area contributed by atoms with Crippen molar-refractivity contribution in [2.75, 3.05) is 25.1 Å². The summed E-state index contributed by atoms with van der Waals surface area (Å²) in [6.45, 7) is 10.7. The summed E-state index contributed by atoms with van der Waals surface area (Å²) >= 11 is 0. The molecule has 5 heteroatoms. The molecule has 5 nitrogen and oxygen atoms in total. The number of nitrogens with one attached hydrogen (secondary N) is 1. The summed E-state index contributed by atoms with van der Waals surface area (Å²) in [6.07, 6.45) is 4.54. The smallest absolute Gasteiger partial charge is 0.144 e. The van der Waals surface area contributed by atoms with Gasteiger partial charge in [0.1, 0.15) is 5.82 Å². The van der Waals surface area contributed by atoms with E-state index in [4.69, 9.17) is 9.47 Å². The maximum atomic E-state index is 5.56. The summed E-state index contributed by atoms with van der Waals surface area (Å²) in [5, 5.41) is 3.18. The number of hydrogen-bond acceptors (Lipinski definition) is 5. The van der Waals surface area contributed by atoms with Crippen LogP contribution in [-0.2, 0) is 16.1 Å². The van der Waals surface area contributed by atoms with E-state index in [1.165, 1.54) is 0 Å². The average Bonchev–Trinajstić information content (AvgIpc) is 2.36. The van der Waals surface area contributed by atoms with Crippen molar-refractivity contribution in [1.82, 2.24) is 9.97 Å². The molecule has 0 atom stereocenters. The van der Waals surface area contributed by atoms with E-state index in [2.05, 4.69) is 22.2 Å². The molecule has 0 fully saturated rings. The minimum atomic E-state index is -0.115. The predicted octanol–water partition coefficient (Wildman–Crippen LogP) is 2.63. The fourth-order valence-electron chi connectivity index (χ4n) is 1.36. The summed E-state index contributed by atoms with van der Waals surface area (Å²) < 4.78 is 11.0. The highest BCUT2D eigenvalue weighted by molar-refractivity contribution is 5.30. The van der Waals surface area contributed by atoms with E-state index in [0.717, 1.165) is 24.5 Å². The number of aromatic nitrogens is 2. The van der Waals surface area contributed by atoms with Crippen LogP contribution < -0.4 is 5.32 Å². The second kappa shape index (κ2) is 8.07. The van der Waals surface area contributed by atoms with Gasteiger partial charge < -0.3 is 14.8 Å². The highest BCUT2D eigenvalue weighted by Crippen LogP contribution is 2.06. The Labute approximate surface area is 115 Å². The SMILES string of the molecule is CCCNc1cnc(COCCOC(C)(C)C)cn1. The van der Waals surface area contributed by atoms with Crippen molar-refractivity contribution in [3.05, 3.63) is 18.1 Å². The lowest BCUT2D eigenvalue weighted by molar-refractivity contribution is -0.0380. The van der Waals surface area contributed by atoms with Gasteiger partial charge >= 0.3 is 0 Å². The van der Waals surface area contributed by atoms with E-state index < -0.39 is 0 Å². The van der Waals surface area contributed by atoms with Gasteiger partial charge in [-0.1, -0.05) is 6.92 Å². The maximum Gasteiger partial charge on any atom is 0.144 e. The van der Waals surface area contributed by atoms with Crippen LogP contribution in [0, 0.1) is 0 Å². The molecule has 0 saturated carbocycles. The minimum Gasteiger partial charge on any atom is -0.373 e. The number of nitrogens with zero attached hydrogens (tertiary/aromatic N) is 2. The van der Waals surface area contributed by atoms with Gasteiger partial charge in [-0.3, -0.25) is 4.98 Å². The predicted molar refractivity (Wildman–Crippen MR) is 76.2 cm³/mol. The maximum absolute atomic E-state index is 5.56. The third-order valence-electron chi connectivity index (χ3n) is 2.27. The van der Waals surface area contributed by atoms with Crippen LogP contribution in [0.1, 0.15) is 39.8 Å². The van der Waals surface area contributed by atoms with Gasteiger partial charge in [0.05, 0.1) is 43.5 Å². The lowest BCUT2D eigenvalue weighted by Gasteiger charge is -2.19.